The van der Waals surface area contributed by atoms with E-state index >= 15 is 0 Å². The van der Waals surface area contributed by atoms with Gasteiger partial charge in [0, 0.05) is 45.7 Å². The second-order valence-corrected chi connectivity index (χ2v) is 5.37. The Morgan fingerprint density at radius 1 is 1.05 bits per heavy atom. The first kappa shape index (κ1) is 15.2. The average molecular weight is 280 g/mol. The molecule has 0 atom stereocenters. The second-order valence-electron chi connectivity index (χ2n) is 5.37. The smallest absolute Gasteiger partial charge is 0.236 e. The molecule has 112 valence electrons. The lowest BCUT2D eigenvalue weighted by atomic mass is 10.2. The van der Waals surface area contributed by atoms with Crippen LogP contribution in [0, 0.1) is 11.3 Å². The quantitative estimate of drug-likeness (QED) is 0.651. The second kappa shape index (κ2) is 8.20. The molecule has 0 aromatic carbocycles. The van der Waals surface area contributed by atoms with Gasteiger partial charge >= 0.3 is 0 Å². The minimum absolute atomic E-state index is 0.228. The van der Waals surface area contributed by atoms with E-state index in [4.69, 9.17) is 10.00 Å². The molecule has 0 unspecified atom stereocenters. The summed E-state index contributed by atoms with van der Waals surface area (Å²) in [4.78, 5) is 18.7. The molecule has 6 nitrogen and oxygen atoms in total. The largest absolute Gasteiger partial charge is 0.378 e. The summed E-state index contributed by atoms with van der Waals surface area (Å²) < 4.78 is 5.26. The molecular weight excluding hydrogens is 256 g/mol. The molecule has 20 heavy (non-hydrogen) atoms. The van der Waals surface area contributed by atoms with E-state index in [-0.39, 0.29) is 5.91 Å². The summed E-state index contributed by atoms with van der Waals surface area (Å²) in [6.45, 7) is 8.22. The van der Waals surface area contributed by atoms with E-state index in [0.29, 0.717) is 26.2 Å². The Bertz CT molecular complexity index is 342. The predicted octanol–water partition coefficient (Wildman–Crippen LogP) is -0.233. The third kappa shape index (κ3) is 4.75. The Labute approximate surface area is 120 Å². The van der Waals surface area contributed by atoms with Gasteiger partial charge in [-0.15, -0.1) is 0 Å². The van der Waals surface area contributed by atoms with Crippen LogP contribution in [0.25, 0.3) is 0 Å². The molecule has 2 aliphatic heterocycles. The summed E-state index contributed by atoms with van der Waals surface area (Å²) in [5.74, 6) is 0.228. The number of carbonyl (C=O) groups excluding carboxylic acids is 1. The highest BCUT2D eigenvalue weighted by molar-refractivity contribution is 5.78. The van der Waals surface area contributed by atoms with Crippen molar-refractivity contribution >= 4 is 5.91 Å². The first-order valence-corrected chi connectivity index (χ1v) is 7.47. The Balaban J connectivity index is 1.63. The van der Waals surface area contributed by atoms with Crippen molar-refractivity contribution in [3.05, 3.63) is 0 Å². The fraction of sp³-hybridized carbons (Fsp3) is 0.857. The highest BCUT2D eigenvalue weighted by Crippen LogP contribution is 2.05. The molecule has 1 amide bonds. The zero-order chi connectivity index (χ0) is 14.2. The summed E-state index contributed by atoms with van der Waals surface area (Å²) in [7, 11) is 0. The summed E-state index contributed by atoms with van der Waals surface area (Å²) in [5, 5.41) is 8.53. The van der Waals surface area contributed by atoms with Crippen molar-refractivity contribution < 1.29 is 9.53 Å². The normalized spacial score (nSPS) is 21.6. The summed E-state index contributed by atoms with van der Waals surface area (Å²) in [5.41, 5.74) is 0. The highest BCUT2D eigenvalue weighted by Gasteiger charge is 2.22. The van der Waals surface area contributed by atoms with E-state index < -0.39 is 0 Å². The van der Waals surface area contributed by atoms with Crippen LogP contribution >= 0.6 is 0 Å². The van der Waals surface area contributed by atoms with Crippen LogP contribution in [0.4, 0.5) is 0 Å². The maximum Gasteiger partial charge on any atom is 0.236 e. The van der Waals surface area contributed by atoms with Crippen molar-refractivity contribution in [1.82, 2.24) is 14.7 Å². The summed E-state index contributed by atoms with van der Waals surface area (Å²) >= 11 is 0. The molecule has 2 saturated heterocycles. The van der Waals surface area contributed by atoms with E-state index in [2.05, 4.69) is 15.9 Å². The van der Waals surface area contributed by atoms with Gasteiger partial charge in [0.05, 0.1) is 25.8 Å². The first-order chi connectivity index (χ1) is 9.79. The summed E-state index contributed by atoms with van der Waals surface area (Å²) in [6.07, 6.45) is 1.58. The van der Waals surface area contributed by atoms with Crippen LogP contribution in [0.1, 0.15) is 12.8 Å². The van der Waals surface area contributed by atoms with Crippen molar-refractivity contribution in [2.45, 2.75) is 12.8 Å². The highest BCUT2D eigenvalue weighted by atomic mass is 16.5. The third-order valence-electron chi connectivity index (χ3n) is 3.95. The van der Waals surface area contributed by atoms with Crippen molar-refractivity contribution in [2.75, 3.05) is 65.6 Å². The molecular formula is C14H24N4O2. The molecule has 0 aromatic heterocycles. The number of unbranched alkanes of at least 4 members (excludes halogenated alkanes) is 1. The zero-order valence-corrected chi connectivity index (χ0v) is 12.1. The minimum atomic E-state index is 0.228. The lowest BCUT2D eigenvalue weighted by Gasteiger charge is -2.35. The van der Waals surface area contributed by atoms with Gasteiger partial charge in [-0.1, -0.05) is 0 Å². The van der Waals surface area contributed by atoms with Crippen LogP contribution in [0.2, 0.25) is 0 Å². The standard InChI is InChI=1S/C14H24N4O2/c15-3-1-2-4-16-5-7-17(8-6-16)13-14(19)18-9-11-20-12-10-18/h1-2,4-13H2. The molecule has 2 aliphatic rings. The Morgan fingerprint density at radius 2 is 1.70 bits per heavy atom. The van der Waals surface area contributed by atoms with Crippen LogP contribution in [0.15, 0.2) is 0 Å². The minimum Gasteiger partial charge on any atom is -0.378 e. The van der Waals surface area contributed by atoms with E-state index in [1.807, 2.05) is 4.90 Å². The fourth-order valence-electron chi connectivity index (χ4n) is 2.66. The van der Waals surface area contributed by atoms with Crippen LogP contribution < -0.4 is 0 Å². The van der Waals surface area contributed by atoms with Crippen LogP contribution in [-0.2, 0) is 9.53 Å². The molecule has 0 N–H and O–H groups in total. The van der Waals surface area contributed by atoms with Crippen molar-refractivity contribution in [3.63, 3.8) is 0 Å². The van der Waals surface area contributed by atoms with Gasteiger partial charge in [-0.25, -0.2) is 0 Å². The molecule has 2 heterocycles. The summed E-state index contributed by atoms with van der Waals surface area (Å²) in [6, 6.07) is 2.18. The SMILES string of the molecule is N#CCCCN1CCN(CC(=O)N2CCOCC2)CC1. The van der Waals surface area contributed by atoms with Gasteiger partial charge in [-0.05, 0) is 13.0 Å². The van der Waals surface area contributed by atoms with Crippen LogP contribution in [0.3, 0.4) is 0 Å². The topological polar surface area (TPSA) is 59.8 Å². The molecule has 0 aromatic rings. The maximum atomic E-state index is 12.1. The number of rotatable bonds is 5. The molecule has 0 radical (unpaired) electrons. The number of piperazine rings is 1. The van der Waals surface area contributed by atoms with E-state index in [1.54, 1.807) is 0 Å². The molecule has 2 rings (SSSR count). The van der Waals surface area contributed by atoms with E-state index in [1.165, 1.54) is 0 Å². The number of ether oxygens (including phenoxy) is 1. The number of nitriles is 1. The van der Waals surface area contributed by atoms with Gasteiger partial charge < -0.3 is 14.5 Å². The predicted molar refractivity (Wildman–Crippen MR) is 75.1 cm³/mol. The third-order valence-corrected chi connectivity index (χ3v) is 3.95. The molecule has 0 aliphatic carbocycles. The van der Waals surface area contributed by atoms with Gasteiger partial charge in [-0.3, -0.25) is 9.69 Å². The molecule has 2 fully saturated rings. The zero-order valence-electron chi connectivity index (χ0n) is 12.1. The number of nitrogens with zero attached hydrogens (tertiary/aromatic N) is 4. The maximum absolute atomic E-state index is 12.1. The Hall–Kier alpha value is -1.16. The number of morpholine rings is 1. The average Bonchev–Trinajstić information content (AvgIpc) is 2.50. The fourth-order valence-corrected chi connectivity index (χ4v) is 2.66. The van der Waals surface area contributed by atoms with Gasteiger partial charge in [0.25, 0.3) is 0 Å². The van der Waals surface area contributed by atoms with Crippen molar-refractivity contribution in [1.29, 1.82) is 5.26 Å². The van der Waals surface area contributed by atoms with Crippen molar-refractivity contribution in [3.8, 4) is 6.07 Å². The number of amides is 1. The Kier molecular flexibility index (Phi) is 6.25. The van der Waals surface area contributed by atoms with Crippen molar-refractivity contribution in [2.24, 2.45) is 0 Å². The monoisotopic (exact) mass is 280 g/mol. The van der Waals surface area contributed by atoms with Gasteiger partial charge in [0.1, 0.15) is 0 Å². The number of carbonyl (C=O) groups is 1. The molecule has 0 saturated carbocycles. The van der Waals surface area contributed by atoms with Crippen LogP contribution in [0.5, 0.6) is 0 Å². The number of hydrogen-bond donors (Lipinski definition) is 0. The van der Waals surface area contributed by atoms with E-state index in [0.717, 1.165) is 52.2 Å². The molecule has 0 bridgehead atoms. The molecule has 6 heteroatoms. The van der Waals surface area contributed by atoms with Crippen LogP contribution in [-0.4, -0.2) is 86.2 Å². The van der Waals surface area contributed by atoms with Gasteiger partial charge in [0.2, 0.25) is 5.91 Å². The first-order valence-electron chi connectivity index (χ1n) is 7.47. The van der Waals surface area contributed by atoms with Gasteiger partial charge in [-0.2, -0.15) is 5.26 Å². The van der Waals surface area contributed by atoms with E-state index in [9.17, 15) is 4.79 Å². The van der Waals surface area contributed by atoms with Gasteiger partial charge in [0.15, 0.2) is 0 Å². The lowest BCUT2D eigenvalue weighted by Crippen LogP contribution is -2.51. The Morgan fingerprint density at radius 3 is 2.35 bits per heavy atom. The lowest BCUT2D eigenvalue weighted by molar-refractivity contribution is -0.136. The molecule has 0 spiro atoms. The number of hydrogen-bond acceptors (Lipinski definition) is 5.